The van der Waals surface area contributed by atoms with E-state index in [2.05, 4.69) is 33.4 Å². The number of ether oxygens (including phenoxy) is 1. The molecule has 1 atom stereocenters. The van der Waals surface area contributed by atoms with Gasteiger partial charge in [0, 0.05) is 10.0 Å². The van der Waals surface area contributed by atoms with Gasteiger partial charge in [0.1, 0.15) is 11.8 Å². The van der Waals surface area contributed by atoms with Crippen LogP contribution >= 0.6 is 15.9 Å². The smallest absolute Gasteiger partial charge is 0.125 e. The molecule has 1 unspecified atom stereocenters. The molecular formula is C17H15BrN2O. The van der Waals surface area contributed by atoms with Crippen LogP contribution in [0.4, 0.5) is 5.69 Å². The van der Waals surface area contributed by atoms with Crippen LogP contribution in [0.15, 0.2) is 46.9 Å². The molecule has 0 fully saturated rings. The highest BCUT2D eigenvalue weighted by atomic mass is 79.9. The van der Waals surface area contributed by atoms with Gasteiger partial charge < -0.3 is 10.1 Å². The van der Waals surface area contributed by atoms with Crippen LogP contribution in [0.5, 0.6) is 5.75 Å². The molecule has 0 aromatic heterocycles. The predicted molar refractivity (Wildman–Crippen MR) is 86.4 cm³/mol. The van der Waals surface area contributed by atoms with Crippen LogP contribution in [0.25, 0.3) is 0 Å². The second kappa shape index (κ2) is 6.19. The molecule has 0 aliphatic carbocycles. The Morgan fingerprint density at radius 3 is 2.95 bits per heavy atom. The van der Waals surface area contributed by atoms with Gasteiger partial charge in [-0.2, -0.15) is 5.26 Å². The first-order valence-electron chi connectivity index (χ1n) is 6.96. The Kier molecular flexibility index (Phi) is 4.12. The first-order chi connectivity index (χ1) is 10.3. The minimum Gasteiger partial charge on any atom is -0.493 e. The molecule has 21 heavy (non-hydrogen) atoms. The summed E-state index contributed by atoms with van der Waals surface area (Å²) < 4.78 is 6.83. The highest BCUT2D eigenvalue weighted by Gasteiger charge is 2.20. The first-order valence-corrected chi connectivity index (χ1v) is 7.75. The number of nitrogens with zero attached hydrogens (tertiary/aromatic N) is 1. The van der Waals surface area contributed by atoms with Crippen molar-refractivity contribution < 1.29 is 4.74 Å². The van der Waals surface area contributed by atoms with Gasteiger partial charge in [0.15, 0.2) is 0 Å². The molecule has 0 spiro atoms. The highest BCUT2D eigenvalue weighted by Crippen LogP contribution is 2.36. The molecule has 1 N–H and O–H groups in total. The third kappa shape index (κ3) is 3.03. The van der Waals surface area contributed by atoms with Crippen molar-refractivity contribution >= 4 is 21.6 Å². The number of nitriles is 1. The second-order valence-electron chi connectivity index (χ2n) is 5.03. The third-order valence-corrected chi connectivity index (χ3v) is 4.12. The lowest BCUT2D eigenvalue weighted by Gasteiger charge is -2.20. The lowest BCUT2D eigenvalue weighted by molar-refractivity contribution is 0.316. The number of anilines is 1. The van der Waals surface area contributed by atoms with Gasteiger partial charge in [-0.15, -0.1) is 0 Å². The molecule has 0 bridgehead atoms. The Balaban J connectivity index is 1.94. The van der Waals surface area contributed by atoms with Crippen molar-refractivity contribution in [3.8, 4) is 11.8 Å². The predicted octanol–water partition coefficient (Wildman–Crippen LogP) is 4.65. The van der Waals surface area contributed by atoms with Crippen molar-refractivity contribution in [2.45, 2.75) is 18.9 Å². The zero-order chi connectivity index (χ0) is 14.7. The molecular weight excluding hydrogens is 328 g/mol. The molecule has 0 radical (unpaired) electrons. The van der Waals surface area contributed by atoms with E-state index in [0.29, 0.717) is 5.56 Å². The van der Waals surface area contributed by atoms with Gasteiger partial charge in [0.2, 0.25) is 0 Å². The number of halogens is 1. The summed E-state index contributed by atoms with van der Waals surface area (Å²) in [6.07, 6.45) is 1.97. The summed E-state index contributed by atoms with van der Waals surface area (Å²) in [4.78, 5) is 0. The van der Waals surface area contributed by atoms with Gasteiger partial charge in [-0.25, -0.2) is 0 Å². The van der Waals surface area contributed by atoms with E-state index in [9.17, 15) is 5.26 Å². The van der Waals surface area contributed by atoms with Crippen LogP contribution in [-0.4, -0.2) is 6.61 Å². The summed E-state index contributed by atoms with van der Waals surface area (Å²) >= 11 is 3.48. The van der Waals surface area contributed by atoms with Crippen molar-refractivity contribution in [1.29, 1.82) is 5.26 Å². The standard InChI is InChI=1S/C17H15BrN2O/c18-13-7-8-14-16(6-3-9-21-17(14)10-13)20-15-5-2-1-4-12(15)11-19/h1-2,4-5,7-8,10,16,20H,3,6,9H2. The number of para-hydroxylation sites is 1. The zero-order valence-corrected chi connectivity index (χ0v) is 13.1. The number of benzene rings is 2. The van der Waals surface area contributed by atoms with Crippen molar-refractivity contribution in [2.24, 2.45) is 0 Å². The second-order valence-corrected chi connectivity index (χ2v) is 5.94. The van der Waals surface area contributed by atoms with Crippen molar-refractivity contribution in [3.63, 3.8) is 0 Å². The average molecular weight is 343 g/mol. The van der Waals surface area contributed by atoms with Gasteiger partial charge in [0.25, 0.3) is 0 Å². The molecule has 1 aliphatic heterocycles. The van der Waals surface area contributed by atoms with Crippen LogP contribution in [0.3, 0.4) is 0 Å². The summed E-state index contributed by atoms with van der Waals surface area (Å²) in [5.41, 5.74) is 2.69. The van der Waals surface area contributed by atoms with Crippen LogP contribution in [0, 0.1) is 11.3 Å². The fourth-order valence-corrected chi connectivity index (χ4v) is 2.93. The van der Waals surface area contributed by atoms with E-state index in [1.54, 1.807) is 0 Å². The van der Waals surface area contributed by atoms with E-state index >= 15 is 0 Å². The monoisotopic (exact) mass is 342 g/mol. The van der Waals surface area contributed by atoms with Crippen LogP contribution < -0.4 is 10.1 Å². The van der Waals surface area contributed by atoms with Gasteiger partial charge in [-0.1, -0.05) is 34.1 Å². The molecule has 4 heteroatoms. The minimum absolute atomic E-state index is 0.157. The van der Waals surface area contributed by atoms with E-state index in [-0.39, 0.29) is 6.04 Å². The lowest BCUT2D eigenvalue weighted by atomic mass is 10.0. The topological polar surface area (TPSA) is 45.0 Å². The largest absolute Gasteiger partial charge is 0.493 e. The molecule has 3 nitrogen and oxygen atoms in total. The van der Waals surface area contributed by atoms with Crippen molar-refractivity contribution in [3.05, 3.63) is 58.1 Å². The lowest BCUT2D eigenvalue weighted by Crippen LogP contribution is -2.11. The molecule has 0 saturated heterocycles. The summed E-state index contributed by atoms with van der Waals surface area (Å²) in [6.45, 7) is 0.724. The fourth-order valence-electron chi connectivity index (χ4n) is 2.59. The molecule has 1 aliphatic rings. The molecule has 0 saturated carbocycles. The summed E-state index contributed by atoms with van der Waals surface area (Å²) in [6, 6.07) is 16.1. The first kappa shape index (κ1) is 14.0. The van der Waals surface area contributed by atoms with E-state index in [4.69, 9.17) is 4.74 Å². The van der Waals surface area contributed by atoms with Crippen molar-refractivity contribution in [2.75, 3.05) is 11.9 Å². The summed E-state index contributed by atoms with van der Waals surface area (Å²) in [5, 5.41) is 12.7. The molecule has 0 amide bonds. The minimum atomic E-state index is 0.157. The van der Waals surface area contributed by atoms with E-state index in [0.717, 1.165) is 40.9 Å². The maximum atomic E-state index is 9.21. The summed E-state index contributed by atoms with van der Waals surface area (Å²) in [7, 11) is 0. The highest BCUT2D eigenvalue weighted by molar-refractivity contribution is 9.10. The number of fused-ring (bicyclic) bond motifs is 1. The zero-order valence-electron chi connectivity index (χ0n) is 11.5. The van der Waals surface area contributed by atoms with E-state index < -0.39 is 0 Å². The third-order valence-electron chi connectivity index (χ3n) is 3.62. The number of nitrogens with one attached hydrogen (secondary N) is 1. The molecule has 2 aromatic rings. The number of hydrogen-bond acceptors (Lipinski definition) is 3. The van der Waals surface area contributed by atoms with Gasteiger partial charge >= 0.3 is 0 Å². The Hall–Kier alpha value is -1.99. The maximum Gasteiger partial charge on any atom is 0.125 e. The maximum absolute atomic E-state index is 9.21. The Morgan fingerprint density at radius 1 is 1.24 bits per heavy atom. The molecule has 3 rings (SSSR count). The van der Waals surface area contributed by atoms with Gasteiger partial charge in [0.05, 0.1) is 23.9 Å². The molecule has 106 valence electrons. The normalized spacial score (nSPS) is 17.0. The van der Waals surface area contributed by atoms with Crippen LogP contribution in [0.2, 0.25) is 0 Å². The quantitative estimate of drug-likeness (QED) is 0.864. The van der Waals surface area contributed by atoms with Gasteiger partial charge in [-0.3, -0.25) is 0 Å². The van der Waals surface area contributed by atoms with Crippen LogP contribution in [0.1, 0.15) is 30.0 Å². The van der Waals surface area contributed by atoms with Gasteiger partial charge in [-0.05, 0) is 37.1 Å². The fraction of sp³-hybridized carbons (Fsp3) is 0.235. The van der Waals surface area contributed by atoms with E-state index in [1.807, 2.05) is 36.4 Å². The average Bonchev–Trinajstić information content (AvgIpc) is 2.70. The molecule has 1 heterocycles. The van der Waals surface area contributed by atoms with E-state index in [1.165, 1.54) is 0 Å². The Bertz CT molecular complexity index is 693. The number of rotatable bonds is 2. The molecule has 2 aromatic carbocycles. The number of hydrogen-bond donors (Lipinski definition) is 1. The SMILES string of the molecule is N#Cc1ccccc1NC1CCCOc2cc(Br)ccc21. The Morgan fingerprint density at radius 2 is 2.10 bits per heavy atom. The summed E-state index contributed by atoms with van der Waals surface area (Å²) in [5.74, 6) is 0.911. The van der Waals surface area contributed by atoms with Crippen LogP contribution in [-0.2, 0) is 0 Å². The Labute approximate surface area is 132 Å². The van der Waals surface area contributed by atoms with Crippen molar-refractivity contribution in [1.82, 2.24) is 0 Å².